The standard InChI is InChI=1S/C16H16N4O/c1-10(2)11-3-5-12(6-4-11)14-15(21-20-16(14)17)13-7-8-18-19-9-13/h3-10H,1-2H3,(H2,17,20). The molecule has 0 fully saturated rings. The van der Waals surface area contributed by atoms with E-state index in [0.29, 0.717) is 17.5 Å². The van der Waals surface area contributed by atoms with Crippen LogP contribution in [-0.2, 0) is 0 Å². The van der Waals surface area contributed by atoms with Crippen molar-refractivity contribution in [1.29, 1.82) is 0 Å². The summed E-state index contributed by atoms with van der Waals surface area (Å²) in [5.74, 6) is 1.47. The molecule has 0 unspecified atom stereocenters. The number of rotatable bonds is 3. The highest BCUT2D eigenvalue weighted by Gasteiger charge is 2.17. The third-order valence-electron chi connectivity index (χ3n) is 3.43. The number of anilines is 1. The van der Waals surface area contributed by atoms with Crippen LogP contribution >= 0.6 is 0 Å². The van der Waals surface area contributed by atoms with E-state index in [1.165, 1.54) is 5.56 Å². The van der Waals surface area contributed by atoms with Crippen LogP contribution in [0.15, 0.2) is 47.2 Å². The fraction of sp³-hybridized carbons (Fsp3) is 0.188. The summed E-state index contributed by atoms with van der Waals surface area (Å²) < 4.78 is 5.37. The van der Waals surface area contributed by atoms with Gasteiger partial charge in [0.15, 0.2) is 11.6 Å². The zero-order chi connectivity index (χ0) is 14.8. The van der Waals surface area contributed by atoms with Crippen molar-refractivity contribution in [2.45, 2.75) is 19.8 Å². The number of hydrogen-bond donors (Lipinski definition) is 1. The first kappa shape index (κ1) is 13.3. The highest BCUT2D eigenvalue weighted by atomic mass is 16.5. The maximum atomic E-state index is 5.97. The van der Waals surface area contributed by atoms with Crippen LogP contribution in [-0.4, -0.2) is 15.4 Å². The number of benzene rings is 1. The molecule has 0 aliphatic rings. The Morgan fingerprint density at radius 3 is 2.38 bits per heavy atom. The van der Waals surface area contributed by atoms with Gasteiger partial charge in [0.05, 0.1) is 18.0 Å². The van der Waals surface area contributed by atoms with Crippen LogP contribution in [0.2, 0.25) is 0 Å². The minimum Gasteiger partial charge on any atom is -0.380 e. The minimum absolute atomic E-state index is 0.374. The Balaban J connectivity index is 2.08. The van der Waals surface area contributed by atoms with Crippen molar-refractivity contribution in [3.63, 3.8) is 0 Å². The molecule has 0 bridgehead atoms. The van der Waals surface area contributed by atoms with Gasteiger partial charge in [0, 0.05) is 5.56 Å². The molecule has 3 aromatic rings. The molecule has 0 atom stereocenters. The van der Waals surface area contributed by atoms with Crippen molar-refractivity contribution in [2.24, 2.45) is 0 Å². The van der Waals surface area contributed by atoms with Crippen molar-refractivity contribution < 1.29 is 4.52 Å². The number of nitrogens with two attached hydrogens (primary N) is 1. The highest BCUT2D eigenvalue weighted by molar-refractivity contribution is 5.86. The van der Waals surface area contributed by atoms with Gasteiger partial charge < -0.3 is 10.3 Å². The van der Waals surface area contributed by atoms with E-state index in [1.54, 1.807) is 12.4 Å². The second-order valence-corrected chi connectivity index (χ2v) is 5.18. The highest BCUT2D eigenvalue weighted by Crippen LogP contribution is 2.36. The second kappa shape index (κ2) is 5.36. The Kier molecular flexibility index (Phi) is 3.39. The summed E-state index contributed by atoms with van der Waals surface area (Å²) >= 11 is 0. The molecule has 5 heteroatoms. The van der Waals surface area contributed by atoms with E-state index in [9.17, 15) is 0 Å². The van der Waals surface area contributed by atoms with Crippen LogP contribution in [0.4, 0.5) is 5.82 Å². The van der Waals surface area contributed by atoms with Crippen LogP contribution in [0.1, 0.15) is 25.3 Å². The lowest BCUT2D eigenvalue weighted by Crippen LogP contribution is -1.91. The van der Waals surface area contributed by atoms with Gasteiger partial charge in [0.25, 0.3) is 0 Å². The largest absolute Gasteiger partial charge is 0.380 e. The van der Waals surface area contributed by atoms with Gasteiger partial charge in [0.1, 0.15) is 0 Å². The molecule has 0 spiro atoms. The lowest BCUT2D eigenvalue weighted by molar-refractivity contribution is 0.436. The molecule has 0 aliphatic carbocycles. The van der Waals surface area contributed by atoms with Gasteiger partial charge in [-0.2, -0.15) is 10.2 Å². The van der Waals surface area contributed by atoms with Gasteiger partial charge in [-0.15, -0.1) is 0 Å². The minimum atomic E-state index is 0.374. The fourth-order valence-corrected chi connectivity index (χ4v) is 2.24. The van der Waals surface area contributed by atoms with Gasteiger partial charge in [-0.1, -0.05) is 43.3 Å². The molecule has 21 heavy (non-hydrogen) atoms. The summed E-state index contributed by atoms with van der Waals surface area (Å²) in [6.45, 7) is 4.33. The topological polar surface area (TPSA) is 77.8 Å². The Morgan fingerprint density at radius 1 is 1.00 bits per heavy atom. The normalized spacial score (nSPS) is 11.0. The number of nitrogens with zero attached hydrogens (tertiary/aromatic N) is 3. The second-order valence-electron chi connectivity index (χ2n) is 5.18. The molecule has 0 saturated heterocycles. The Bertz CT molecular complexity index is 733. The average Bonchev–Trinajstić information content (AvgIpc) is 2.90. The third kappa shape index (κ3) is 2.50. The smallest absolute Gasteiger partial charge is 0.178 e. The Labute approximate surface area is 122 Å². The number of aromatic nitrogens is 3. The van der Waals surface area contributed by atoms with Gasteiger partial charge in [0.2, 0.25) is 0 Å². The van der Waals surface area contributed by atoms with Crippen LogP contribution in [0.25, 0.3) is 22.5 Å². The maximum absolute atomic E-state index is 5.97. The molecule has 0 aliphatic heterocycles. The van der Waals surface area contributed by atoms with Crippen LogP contribution in [0, 0.1) is 0 Å². The molecule has 2 heterocycles. The predicted octanol–water partition coefficient (Wildman–Crippen LogP) is 3.50. The molecule has 0 saturated carbocycles. The number of hydrogen-bond acceptors (Lipinski definition) is 5. The van der Waals surface area contributed by atoms with Crippen molar-refractivity contribution in [1.82, 2.24) is 15.4 Å². The van der Waals surface area contributed by atoms with Crippen LogP contribution in [0.5, 0.6) is 0 Å². The van der Waals surface area contributed by atoms with E-state index >= 15 is 0 Å². The first-order valence-corrected chi connectivity index (χ1v) is 6.79. The van der Waals surface area contributed by atoms with E-state index < -0.39 is 0 Å². The molecule has 1 aromatic carbocycles. The van der Waals surface area contributed by atoms with E-state index in [0.717, 1.165) is 16.7 Å². The summed E-state index contributed by atoms with van der Waals surface area (Å²) in [5.41, 5.74) is 9.82. The van der Waals surface area contributed by atoms with Crippen molar-refractivity contribution in [3.8, 4) is 22.5 Å². The van der Waals surface area contributed by atoms with Crippen molar-refractivity contribution in [2.75, 3.05) is 5.73 Å². The van der Waals surface area contributed by atoms with Crippen LogP contribution in [0.3, 0.4) is 0 Å². The summed E-state index contributed by atoms with van der Waals surface area (Å²) in [6.07, 6.45) is 3.24. The molecule has 3 rings (SSSR count). The zero-order valence-electron chi connectivity index (χ0n) is 11.9. The van der Waals surface area contributed by atoms with Gasteiger partial charge in [-0.05, 0) is 23.1 Å². The molecule has 0 amide bonds. The lowest BCUT2D eigenvalue weighted by atomic mass is 9.97. The molecule has 106 valence electrons. The van der Waals surface area contributed by atoms with Crippen molar-refractivity contribution in [3.05, 3.63) is 48.3 Å². The zero-order valence-corrected chi connectivity index (χ0v) is 11.9. The monoisotopic (exact) mass is 280 g/mol. The van der Waals surface area contributed by atoms with Gasteiger partial charge >= 0.3 is 0 Å². The van der Waals surface area contributed by atoms with E-state index in [-0.39, 0.29) is 0 Å². The van der Waals surface area contributed by atoms with Crippen LogP contribution < -0.4 is 5.73 Å². The Hall–Kier alpha value is -2.69. The average molecular weight is 280 g/mol. The number of nitrogen functional groups attached to an aromatic ring is 1. The summed E-state index contributed by atoms with van der Waals surface area (Å²) in [7, 11) is 0. The SMILES string of the molecule is CC(C)c1ccc(-c2c(N)noc2-c2ccnnc2)cc1. The molecule has 5 nitrogen and oxygen atoms in total. The molecule has 2 N–H and O–H groups in total. The van der Waals surface area contributed by atoms with E-state index in [4.69, 9.17) is 10.3 Å². The third-order valence-corrected chi connectivity index (χ3v) is 3.43. The summed E-state index contributed by atoms with van der Waals surface area (Å²) in [6, 6.07) is 10.1. The first-order valence-electron chi connectivity index (χ1n) is 6.79. The predicted molar refractivity (Wildman–Crippen MR) is 81.5 cm³/mol. The molecular weight excluding hydrogens is 264 g/mol. The summed E-state index contributed by atoms with van der Waals surface area (Å²) in [4.78, 5) is 0. The molecule has 0 radical (unpaired) electrons. The quantitative estimate of drug-likeness (QED) is 0.794. The van der Waals surface area contributed by atoms with Gasteiger partial charge in [-0.3, -0.25) is 0 Å². The summed E-state index contributed by atoms with van der Waals surface area (Å²) in [5, 5.41) is 11.5. The first-order chi connectivity index (χ1) is 10.2. The van der Waals surface area contributed by atoms with E-state index in [2.05, 4.69) is 41.3 Å². The van der Waals surface area contributed by atoms with Crippen molar-refractivity contribution >= 4 is 5.82 Å². The Morgan fingerprint density at radius 2 is 1.76 bits per heavy atom. The lowest BCUT2D eigenvalue weighted by Gasteiger charge is -2.07. The fourth-order valence-electron chi connectivity index (χ4n) is 2.24. The maximum Gasteiger partial charge on any atom is 0.178 e. The molecular formula is C16H16N4O. The molecule has 2 aromatic heterocycles. The van der Waals surface area contributed by atoms with E-state index in [1.807, 2.05) is 18.2 Å². The van der Waals surface area contributed by atoms with Gasteiger partial charge in [-0.25, -0.2) is 0 Å².